The first-order chi connectivity index (χ1) is 9.26. The van der Waals surface area contributed by atoms with E-state index in [0.29, 0.717) is 0 Å². The van der Waals surface area contributed by atoms with E-state index >= 15 is 0 Å². The summed E-state index contributed by atoms with van der Waals surface area (Å²) in [6, 6.07) is 6.37. The molecule has 0 aliphatic carbocycles. The number of nitrogens with one attached hydrogen (secondary N) is 2. The van der Waals surface area contributed by atoms with Gasteiger partial charge in [0.25, 0.3) is 0 Å². The van der Waals surface area contributed by atoms with Gasteiger partial charge in [0.05, 0.1) is 6.61 Å². The minimum absolute atomic E-state index is 0.215. The Balaban J connectivity index is 2.00. The van der Waals surface area contributed by atoms with Gasteiger partial charge in [-0.05, 0) is 30.0 Å². The molecule has 0 aromatic heterocycles. The number of hydrogen-bond acceptors (Lipinski definition) is 4. The highest BCUT2D eigenvalue weighted by Crippen LogP contribution is 2.14. The van der Waals surface area contributed by atoms with Crippen LogP contribution in [0.4, 0.5) is 0 Å². The van der Waals surface area contributed by atoms with E-state index in [4.69, 9.17) is 5.41 Å². The van der Waals surface area contributed by atoms with Gasteiger partial charge in [-0.3, -0.25) is 4.90 Å². The summed E-state index contributed by atoms with van der Waals surface area (Å²) in [5.41, 5.74) is 3.50. The van der Waals surface area contributed by atoms with Crippen molar-refractivity contribution in [3.63, 3.8) is 0 Å². The van der Waals surface area contributed by atoms with Crippen LogP contribution in [0.5, 0.6) is 0 Å². The second-order valence-electron chi connectivity index (χ2n) is 5.10. The molecule has 3 N–H and O–H groups in total. The number of hydrogen-bond donors (Lipinski definition) is 3. The van der Waals surface area contributed by atoms with Gasteiger partial charge in [-0.15, -0.1) is 0 Å². The molecule has 2 rings (SSSR count). The average Bonchev–Trinajstić information content (AvgIpc) is 2.46. The summed E-state index contributed by atoms with van der Waals surface area (Å²) in [7, 11) is 0. The minimum atomic E-state index is 0.215. The van der Waals surface area contributed by atoms with Crippen molar-refractivity contribution in [3.05, 3.63) is 34.9 Å². The van der Waals surface area contributed by atoms with Gasteiger partial charge >= 0.3 is 0 Å². The predicted octanol–water partition coefficient (Wildman–Crippen LogP) is 0.801. The molecule has 0 spiro atoms. The second kappa shape index (κ2) is 6.80. The quantitative estimate of drug-likeness (QED) is 0.687. The number of aliphatic hydroxyl groups is 1. The van der Waals surface area contributed by atoms with Gasteiger partial charge in [-0.2, -0.15) is 0 Å². The Bertz CT molecular complexity index is 433. The lowest BCUT2D eigenvalue weighted by Gasteiger charge is -2.35. The third-order valence-electron chi connectivity index (χ3n) is 3.99. The number of nitrogens with zero attached hydrogens (tertiary/aromatic N) is 1. The van der Waals surface area contributed by atoms with Crippen molar-refractivity contribution < 1.29 is 5.11 Å². The molecule has 0 radical (unpaired) electrons. The van der Waals surface area contributed by atoms with Crippen molar-refractivity contribution in [2.24, 2.45) is 0 Å². The maximum Gasteiger partial charge on any atom is 0.0599 e. The summed E-state index contributed by atoms with van der Waals surface area (Å²) >= 11 is 0. The third-order valence-corrected chi connectivity index (χ3v) is 3.99. The Morgan fingerprint density at radius 1 is 1.53 bits per heavy atom. The van der Waals surface area contributed by atoms with Crippen LogP contribution < -0.4 is 5.32 Å². The average molecular weight is 261 g/mol. The molecule has 1 aliphatic rings. The molecule has 1 saturated heterocycles. The zero-order chi connectivity index (χ0) is 13.7. The fraction of sp³-hybridized carbons (Fsp3) is 0.533. The van der Waals surface area contributed by atoms with Gasteiger partial charge in [0.2, 0.25) is 0 Å². The fourth-order valence-corrected chi connectivity index (χ4v) is 2.67. The molecule has 1 aromatic rings. The van der Waals surface area contributed by atoms with Crippen molar-refractivity contribution >= 4 is 6.21 Å². The molecular weight excluding hydrogens is 238 g/mol. The molecule has 1 aromatic carbocycles. The molecule has 0 bridgehead atoms. The lowest BCUT2D eigenvalue weighted by Crippen LogP contribution is -2.53. The van der Waals surface area contributed by atoms with Crippen molar-refractivity contribution in [1.82, 2.24) is 10.2 Å². The summed E-state index contributed by atoms with van der Waals surface area (Å²) < 4.78 is 0. The van der Waals surface area contributed by atoms with Crippen LogP contribution in [0.25, 0.3) is 0 Å². The molecule has 0 saturated carbocycles. The molecule has 1 heterocycles. The van der Waals surface area contributed by atoms with Crippen LogP contribution in [-0.2, 0) is 6.42 Å². The molecule has 1 atom stereocenters. The first-order valence-electron chi connectivity index (χ1n) is 6.91. The summed E-state index contributed by atoms with van der Waals surface area (Å²) in [4.78, 5) is 2.35. The number of piperazine rings is 1. The van der Waals surface area contributed by atoms with Crippen LogP contribution in [0.1, 0.15) is 16.7 Å². The molecule has 1 fully saturated rings. The number of rotatable bonds is 5. The fourth-order valence-electron chi connectivity index (χ4n) is 2.67. The van der Waals surface area contributed by atoms with Crippen molar-refractivity contribution in [3.8, 4) is 0 Å². The number of benzene rings is 1. The van der Waals surface area contributed by atoms with Crippen LogP contribution in [-0.4, -0.2) is 55.0 Å². The van der Waals surface area contributed by atoms with Crippen molar-refractivity contribution in [2.45, 2.75) is 19.4 Å². The van der Waals surface area contributed by atoms with Crippen LogP contribution in [0, 0.1) is 12.3 Å². The van der Waals surface area contributed by atoms with E-state index in [1.54, 1.807) is 0 Å². The van der Waals surface area contributed by atoms with Crippen molar-refractivity contribution in [1.29, 1.82) is 5.41 Å². The van der Waals surface area contributed by atoms with Crippen LogP contribution >= 0.6 is 0 Å². The Morgan fingerprint density at radius 2 is 2.37 bits per heavy atom. The van der Waals surface area contributed by atoms with Gasteiger partial charge in [0, 0.05) is 38.4 Å². The second-order valence-corrected chi connectivity index (χ2v) is 5.10. The van der Waals surface area contributed by atoms with Crippen LogP contribution in [0.3, 0.4) is 0 Å². The molecule has 1 unspecified atom stereocenters. The molecule has 0 amide bonds. The zero-order valence-corrected chi connectivity index (χ0v) is 11.5. The number of aliphatic hydroxyl groups excluding tert-OH is 1. The Morgan fingerprint density at radius 3 is 3.11 bits per heavy atom. The molecule has 1 aliphatic heterocycles. The Hall–Kier alpha value is -1.23. The zero-order valence-electron chi connectivity index (χ0n) is 11.5. The Kier molecular flexibility index (Phi) is 5.07. The van der Waals surface area contributed by atoms with E-state index in [0.717, 1.165) is 38.2 Å². The monoisotopic (exact) mass is 261 g/mol. The van der Waals surface area contributed by atoms with E-state index in [1.807, 2.05) is 12.1 Å². The molecule has 19 heavy (non-hydrogen) atoms. The molecule has 4 heteroatoms. The maximum atomic E-state index is 9.38. The molecule has 4 nitrogen and oxygen atoms in total. The van der Waals surface area contributed by atoms with Crippen LogP contribution in [0.2, 0.25) is 0 Å². The SMILES string of the molecule is Cc1c(C=N)cccc1CCN1CCNCC1CO. The highest BCUT2D eigenvalue weighted by Gasteiger charge is 2.20. The molecular formula is C15H23N3O. The first kappa shape index (κ1) is 14.2. The lowest BCUT2D eigenvalue weighted by molar-refractivity contribution is 0.102. The van der Waals surface area contributed by atoms with E-state index in [-0.39, 0.29) is 12.6 Å². The first-order valence-corrected chi connectivity index (χ1v) is 6.91. The van der Waals surface area contributed by atoms with Gasteiger partial charge in [-0.25, -0.2) is 0 Å². The smallest absolute Gasteiger partial charge is 0.0599 e. The predicted molar refractivity (Wildman–Crippen MR) is 78.1 cm³/mol. The standard InChI is InChI=1S/C15H23N3O/c1-12-13(3-2-4-14(12)9-16)5-7-18-8-6-17-10-15(18)11-19/h2-4,9,15-17,19H,5-8,10-11H2,1H3. The summed E-state index contributed by atoms with van der Waals surface area (Å²) in [5.74, 6) is 0. The van der Waals surface area contributed by atoms with Gasteiger partial charge in [0.1, 0.15) is 0 Å². The minimum Gasteiger partial charge on any atom is -0.395 e. The summed E-state index contributed by atoms with van der Waals surface area (Å²) in [6.45, 7) is 6.12. The lowest BCUT2D eigenvalue weighted by atomic mass is 10.00. The van der Waals surface area contributed by atoms with Gasteiger partial charge < -0.3 is 15.8 Å². The van der Waals surface area contributed by atoms with Gasteiger partial charge in [-0.1, -0.05) is 18.2 Å². The van der Waals surface area contributed by atoms with E-state index in [1.165, 1.54) is 17.3 Å². The highest BCUT2D eigenvalue weighted by molar-refractivity contribution is 5.79. The third kappa shape index (κ3) is 3.41. The van der Waals surface area contributed by atoms with E-state index < -0.39 is 0 Å². The van der Waals surface area contributed by atoms with E-state index in [2.05, 4.69) is 23.2 Å². The summed E-state index contributed by atoms with van der Waals surface area (Å²) in [5, 5.41) is 20.1. The summed E-state index contributed by atoms with van der Waals surface area (Å²) in [6.07, 6.45) is 2.39. The topological polar surface area (TPSA) is 59.4 Å². The van der Waals surface area contributed by atoms with Gasteiger partial charge in [0.15, 0.2) is 0 Å². The van der Waals surface area contributed by atoms with Crippen LogP contribution in [0.15, 0.2) is 18.2 Å². The Labute approximate surface area is 114 Å². The normalized spacial score (nSPS) is 20.4. The van der Waals surface area contributed by atoms with Crippen molar-refractivity contribution in [2.75, 3.05) is 32.8 Å². The maximum absolute atomic E-state index is 9.38. The highest BCUT2D eigenvalue weighted by atomic mass is 16.3. The van der Waals surface area contributed by atoms with E-state index in [9.17, 15) is 5.11 Å². The largest absolute Gasteiger partial charge is 0.395 e. The molecule has 104 valence electrons.